The molecule has 1 heterocycles. The van der Waals surface area contributed by atoms with E-state index in [1.165, 1.54) is 11.3 Å². The van der Waals surface area contributed by atoms with Gasteiger partial charge in [-0.2, -0.15) is 0 Å². The Hall–Kier alpha value is -2.86. The number of hydrogen-bond donors (Lipinski definition) is 3. The Kier molecular flexibility index (Phi) is 4.77. The minimum atomic E-state index is -0.170. The van der Waals surface area contributed by atoms with Crippen molar-refractivity contribution < 1.29 is 9.90 Å². The first-order chi connectivity index (χ1) is 11.6. The molecule has 122 valence electrons. The molecule has 0 fully saturated rings. The highest BCUT2D eigenvalue weighted by Crippen LogP contribution is 2.30. The highest BCUT2D eigenvalue weighted by molar-refractivity contribution is 7.16. The van der Waals surface area contributed by atoms with Crippen LogP contribution in [-0.2, 0) is 4.79 Å². The molecule has 0 radical (unpaired) electrons. The average molecular weight is 339 g/mol. The van der Waals surface area contributed by atoms with Gasteiger partial charge in [-0.05, 0) is 31.2 Å². The molecule has 0 saturated heterocycles. The van der Waals surface area contributed by atoms with Crippen molar-refractivity contribution in [2.75, 3.05) is 17.2 Å². The van der Waals surface area contributed by atoms with Crippen LogP contribution in [0, 0.1) is 6.92 Å². The van der Waals surface area contributed by atoms with E-state index in [4.69, 9.17) is 0 Å². The van der Waals surface area contributed by atoms with Gasteiger partial charge in [-0.3, -0.25) is 4.79 Å². The Morgan fingerprint density at radius 2 is 1.83 bits per heavy atom. The van der Waals surface area contributed by atoms with Crippen molar-refractivity contribution in [3.8, 4) is 17.0 Å². The fourth-order valence-electron chi connectivity index (χ4n) is 2.24. The van der Waals surface area contributed by atoms with Gasteiger partial charge >= 0.3 is 0 Å². The maximum Gasteiger partial charge on any atom is 0.245 e. The van der Waals surface area contributed by atoms with Crippen LogP contribution in [0.4, 0.5) is 10.8 Å². The highest BCUT2D eigenvalue weighted by Gasteiger charge is 2.11. The molecule has 3 aromatic rings. The number of aryl methyl sites for hydroxylation is 1. The van der Waals surface area contributed by atoms with Crippen molar-refractivity contribution in [3.63, 3.8) is 0 Å². The zero-order valence-corrected chi connectivity index (χ0v) is 13.9. The summed E-state index contributed by atoms with van der Waals surface area (Å²) in [5.74, 6) is 0.0214. The third-order valence-corrected chi connectivity index (χ3v) is 4.30. The van der Waals surface area contributed by atoms with Crippen molar-refractivity contribution in [3.05, 3.63) is 59.5 Å². The fraction of sp³-hybridized carbons (Fsp3) is 0.111. The molecule has 0 atom stereocenters. The molecule has 5 nitrogen and oxygen atoms in total. The van der Waals surface area contributed by atoms with Crippen molar-refractivity contribution in [1.29, 1.82) is 0 Å². The van der Waals surface area contributed by atoms with E-state index < -0.39 is 0 Å². The predicted octanol–water partition coefficient (Wildman–Crippen LogP) is 3.87. The zero-order chi connectivity index (χ0) is 16.9. The summed E-state index contributed by atoms with van der Waals surface area (Å²) in [6, 6.07) is 16.4. The summed E-state index contributed by atoms with van der Waals surface area (Å²) in [7, 11) is 0. The van der Waals surface area contributed by atoms with Gasteiger partial charge < -0.3 is 15.7 Å². The number of thiazole rings is 1. The Morgan fingerprint density at radius 1 is 1.12 bits per heavy atom. The molecular formula is C18H17N3O2S. The number of carbonyl (C=O) groups excluding carboxylic acids is 1. The first-order valence-corrected chi connectivity index (χ1v) is 8.29. The number of rotatable bonds is 5. The van der Waals surface area contributed by atoms with E-state index in [2.05, 4.69) is 15.6 Å². The van der Waals surface area contributed by atoms with Gasteiger partial charge in [-0.1, -0.05) is 30.3 Å². The molecular weight excluding hydrogens is 322 g/mol. The number of aromatic hydroxyl groups is 1. The number of nitrogens with zero attached hydrogens (tertiary/aromatic N) is 1. The van der Waals surface area contributed by atoms with Gasteiger partial charge in [0.05, 0.1) is 12.2 Å². The molecule has 1 aromatic heterocycles. The van der Waals surface area contributed by atoms with Gasteiger partial charge in [-0.15, -0.1) is 11.3 Å². The number of amides is 1. The Labute approximate surface area is 144 Å². The molecule has 24 heavy (non-hydrogen) atoms. The summed E-state index contributed by atoms with van der Waals surface area (Å²) in [5, 5.41) is 15.6. The number of phenolic OH excluding ortho intramolecular Hbond substituents is 1. The van der Waals surface area contributed by atoms with Gasteiger partial charge in [-0.25, -0.2) is 4.98 Å². The molecule has 3 rings (SSSR count). The predicted molar refractivity (Wildman–Crippen MR) is 97.5 cm³/mol. The molecule has 0 unspecified atom stereocenters. The minimum absolute atomic E-state index is 0.129. The minimum Gasteiger partial charge on any atom is -0.508 e. The molecule has 0 spiro atoms. The van der Waals surface area contributed by atoms with Gasteiger partial charge in [0.1, 0.15) is 5.75 Å². The smallest absolute Gasteiger partial charge is 0.245 e. The zero-order valence-electron chi connectivity index (χ0n) is 13.1. The molecule has 6 heteroatoms. The number of aromatic nitrogens is 1. The fourth-order valence-corrected chi connectivity index (χ4v) is 3.09. The Morgan fingerprint density at radius 3 is 2.54 bits per heavy atom. The van der Waals surface area contributed by atoms with E-state index in [0.717, 1.165) is 21.8 Å². The van der Waals surface area contributed by atoms with Crippen LogP contribution in [0.25, 0.3) is 11.3 Å². The lowest BCUT2D eigenvalue weighted by Gasteiger charge is -2.06. The Balaban J connectivity index is 1.61. The first-order valence-electron chi connectivity index (χ1n) is 7.47. The number of hydrogen-bond acceptors (Lipinski definition) is 5. The third-order valence-electron chi connectivity index (χ3n) is 3.41. The summed E-state index contributed by atoms with van der Waals surface area (Å²) >= 11 is 1.46. The molecule has 0 aliphatic rings. The lowest BCUT2D eigenvalue weighted by atomic mass is 10.1. The van der Waals surface area contributed by atoms with Crippen molar-refractivity contribution in [2.45, 2.75) is 6.92 Å². The van der Waals surface area contributed by atoms with E-state index in [1.54, 1.807) is 24.3 Å². The number of phenols is 1. The van der Waals surface area contributed by atoms with Gasteiger partial charge in [0.2, 0.25) is 5.91 Å². The maximum absolute atomic E-state index is 12.1. The van der Waals surface area contributed by atoms with E-state index in [1.807, 2.05) is 37.3 Å². The van der Waals surface area contributed by atoms with Crippen LogP contribution < -0.4 is 10.6 Å². The van der Waals surface area contributed by atoms with Crippen LogP contribution in [0.5, 0.6) is 5.75 Å². The van der Waals surface area contributed by atoms with E-state index in [0.29, 0.717) is 5.13 Å². The summed E-state index contributed by atoms with van der Waals surface area (Å²) in [5.41, 5.74) is 2.69. The summed E-state index contributed by atoms with van der Waals surface area (Å²) < 4.78 is 0. The number of carbonyl (C=O) groups is 1. The lowest BCUT2D eigenvalue weighted by Crippen LogP contribution is -2.21. The first kappa shape index (κ1) is 16.0. The SMILES string of the molecule is Cc1sc(NC(=O)CNc2ccc(O)cc2)nc1-c1ccccc1. The average Bonchev–Trinajstić information content (AvgIpc) is 2.95. The van der Waals surface area contributed by atoms with Gasteiger partial charge in [0.15, 0.2) is 5.13 Å². The topological polar surface area (TPSA) is 74.2 Å². The lowest BCUT2D eigenvalue weighted by molar-refractivity contribution is -0.114. The standard InChI is InChI=1S/C18H17N3O2S/c1-12-17(13-5-3-2-4-6-13)21-18(24-12)20-16(23)11-19-14-7-9-15(22)10-8-14/h2-10,19,22H,11H2,1H3,(H,20,21,23). The van der Waals surface area contributed by atoms with Crippen molar-refractivity contribution >= 4 is 28.1 Å². The van der Waals surface area contributed by atoms with Gasteiger partial charge in [0, 0.05) is 16.1 Å². The second kappa shape index (κ2) is 7.14. The van der Waals surface area contributed by atoms with Crippen LogP contribution in [0.2, 0.25) is 0 Å². The second-order valence-corrected chi connectivity index (χ2v) is 6.44. The molecule has 0 bridgehead atoms. The van der Waals surface area contributed by atoms with Crippen LogP contribution in [0.15, 0.2) is 54.6 Å². The molecule has 0 aliphatic carbocycles. The summed E-state index contributed by atoms with van der Waals surface area (Å²) in [6.07, 6.45) is 0. The quantitative estimate of drug-likeness (QED) is 0.617. The Bertz CT molecular complexity index is 829. The monoisotopic (exact) mass is 339 g/mol. The number of benzene rings is 2. The summed E-state index contributed by atoms with van der Waals surface area (Å²) in [6.45, 7) is 2.12. The molecule has 2 aromatic carbocycles. The summed E-state index contributed by atoms with van der Waals surface area (Å²) in [4.78, 5) is 17.6. The number of anilines is 2. The maximum atomic E-state index is 12.1. The van der Waals surface area contributed by atoms with Crippen molar-refractivity contribution in [2.24, 2.45) is 0 Å². The van der Waals surface area contributed by atoms with E-state index in [9.17, 15) is 9.90 Å². The second-order valence-electron chi connectivity index (χ2n) is 5.24. The van der Waals surface area contributed by atoms with Crippen LogP contribution in [0.1, 0.15) is 4.88 Å². The normalized spacial score (nSPS) is 10.4. The van der Waals surface area contributed by atoms with Crippen LogP contribution in [-0.4, -0.2) is 22.5 Å². The molecule has 1 amide bonds. The van der Waals surface area contributed by atoms with Crippen LogP contribution >= 0.6 is 11.3 Å². The van der Waals surface area contributed by atoms with Gasteiger partial charge in [0.25, 0.3) is 0 Å². The molecule has 0 saturated carbocycles. The number of nitrogens with one attached hydrogen (secondary N) is 2. The molecule has 3 N–H and O–H groups in total. The van der Waals surface area contributed by atoms with E-state index in [-0.39, 0.29) is 18.2 Å². The third kappa shape index (κ3) is 3.91. The van der Waals surface area contributed by atoms with Crippen LogP contribution in [0.3, 0.4) is 0 Å². The molecule has 0 aliphatic heterocycles. The van der Waals surface area contributed by atoms with E-state index >= 15 is 0 Å². The highest BCUT2D eigenvalue weighted by atomic mass is 32.1. The van der Waals surface area contributed by atoms with Crippen molar-refractivity contribution in [1.82, 2.24) is 4.98 Å². The largest absolute Gasteiger partial charge is 0.508 e.